The highest BCUT2D eigenvalue weighted by atomic mass is 19.1. The molecule has 1 aromatic heterocycles. The maximum absolute atomic E-state index is 13.6. The van der Waals surface area contributed by atoms with Crippen molar-refractivity contribution in [2.75, 3.05) is 27.2 Å². The van der Waals surface area contributed by atoms with Gasteiger partial charge in [0.05, 0.1) is 5.52 Å². The van der Waals surface area contributed by atoms with Gasteiger partial charge in [0, 0.05) is 31.2 Å². The van der Waals surface area contributed by atoms with Gasteiger partial charge in [0.25, 0.3) is 0 Å². The van der Waals surface area contributed by atoms with Crippen molar-refractivity contribution in [3.05, 3.63) is 41.8 Å². The first-order chi connectivity index (χ1) is 8.72. The molecule has 0 amide bonds. The molecule has 0 saturated heterocycles. The van der Waals surface area contributed by atoms with Gasteiger partial charge in [-0.1, -0.05) is 6.07 Å². The van der Waals surface area contributed by atoms with E-state index in [1.165, 1.54) is 6.07 Å². The number of rotatable bonds is 5. The Morgan fingerprint density at radius 1 is 1.33 bits per heavy atom. The summed E-state index contributed by atoms with van der Waals surface area (Å²) < 4.78 is 13.6. The lowest BCUT2D eigenvalue weighted by Crippen LogP contribution is -2.27. The number of benzene rings is 1. The van der Waals surface area contributed by atoms with Crippen molar-refractivity contribution >= 4 is 10.9 Å². The summed E-state index contributed by atoms with van der Waals surface area (Å²) in [5, 5.41) is 3.71. The van der Waals surface area contributed by atoms with E-state index in [0.29, 0.717) is 5.39 Å². The van der Waals surface area contributed by atoms with Gasteiger partial charge in [-0.25, -0.2) is 4.39 Å². The number of nitrogens with zero attached hydrogens (tertiary/aromatic N) is 2. The van der Waals surface area contributed by atoms with Crippen LogP contribution in [0.15, 0.2) is 30.5 Å². The van der Waals surface area contributed by atoms with E-state index in [4.69, 9.17) is 0 Å². The molecule has 0 aliphatic rings. The van der Waals surface area contributed by atoms with Gasteiger partial charge in [-0.3, -0.25) is 4.98 Å². The average Bonchev–Trinajstić information content (AvgIpc) is 2.40. The van der Waals surface area contributed by atoms with Crippen molar-refractivity contribution in [2.45, 2.75) is 6.54 Å². The fourth-order valence-electron chi connectivity index (χ4n) is 2.00. The van der Waals surface area contributed by atoms with E-state index in [-0.39, 0.29) is 5.82 Å². The molecule has 0 saturated carbocycles. The molecule has 2 aromatic rings. The first-order valence-electron chi connectivity index (χ1n) is 6.07. The van der Waals surface area contributed by atoms with Gasteiger partial charge in [0.15, 0.2) is 0 Å². The standard InChI is InChI=1S/C14H18FN3/c1-16-8-9-18(2)10-11-5-6-13(15)12-4-3-7-17-14(11)12/h3-7,16H,8-10H2,1-2H3. The third-order valence-electron chi connectivity index (χ3n) is 2.98. The maximum atomic E-state index is 13.6. The molecule has 0 unspecified atom stereocenters. The summed E-state index contributed by atoms with van der Waals surface area (Å²) in [7, 11) is 3.98. The summed E-state index contributed by atoms with van der Waals surface area (Å²) in [6.45, 7) is 2.65. The van der Waals surface area contributed by atoms with Gasteiger partial charge >= 0.3 is 0 Å². The second kappa shape index (κ2) is 5.89. The van der Waals surface area contributed by atoms with Crippen LogP contribution in [0.5, 0.6) is 0 Å². The van der Waals surface area contributed by atoms with Crippen LogP contribution in [0.4, 0.5) is 4.39 Å². The summed E-state index contributed by atoms with van der Waals surface area (Å²) in [4.78, 5) is 6.49. The fourth-order valence-corrected chi connectivity index (χ4v) is 2.00. The summed E-state index contributed by atoms with van der Waals surface area (Å²) in [5.41, 5.74) is 1.82. The van der Waals surface area contributed by atoms with Crippen molar-refractivity contribution in [3.8, 4) is 0 Å². The van der Waals surface area contributed by atoms with E-state index in [1.807, 2.05) is 13.1 Å². The summed E-state index contributed by atoms with van der Waals surface area (Å²) in [6.07, 6.45) is 1.71. The normalized spacial score (nSPS) is 11.3. The van der Waals surface area contributed by atoms with Gasteiger partial charge in [-0.15, -0.1) is 0 Å². The Bertz CT molecular complexity index is 527. The van der Waals surface area contributed by atoms with Crippen molar-refractivity contribution in [2.24, 2.45) is 0 Å². The highest BCUT2D eigenvalue weighted by molar-refractivity contribution is 5.82. The third kappa shape index (κ3) is 2.83. The molecule has 96 valence electrons. The molecule has 0 radical (unpaired) electrons. The number of halogens is 1. The largest absolute Gasteiger partial charge is 0.318 e. The smallest absolute Gasteiger partial charge is 0.132 e. The zero-order chi connectivity index (χ0) is 13.0. The molecule has 0 atom stereocenters. The number of nitrogens with one attached hydrogen (secondary N) is 1. The van der Waals surface area contributed by atoms with E-state index >= 15 is 0 Å². The van der Waals surface area contributed by atoms with Crippen LogP contribution in [0.1, 0.15) is 5.56 Å². The molecule has 3 nitrogen and oxygen atoms in total. The first-order valence-corrected chi connectivity index (χ1v) is 6.07. The quantitative estimate of drug-likeness (QED) is 0.876. The SMILES string of the molecule is CNCCN(C)Cc1ccc(F)c2cccnc12. The Kier molecular flexibility index (Phi) is 4.23. The van der Waals surface area contributed by atoms with Crippen molar-refractivity contribution in [1.29, 1.82) is 0 Å². The molecule has 0 bridgehead atoms. The summed E-state index contributed by atoms with van der Waals surface area (Å²) in [5.74, 6) is -0.209. The van der Waals surface area contributed by atoms with Crippen LogP contribution < -0.4 is 5.32 Å². The molecule has 4 heteroatoms. The predicted octanol–water partition coefficient (Wildman–Crippen LogP) is 2.03. The minimum absolute atomic E-state index is 0.209. The summed E-state index contributed by atoms with van der Waals surface area (Å²) >= 11 is 0. The summed E-state index contributed by atoms with van der Waals surface area (Å²) in [6, 6.07) is 6.88. The van der Waals surface area contributed by atoms with Crippen molar-refractivity contribution < 1.29 is 4.39 Å². The van der Waals surface area contributed by atoms with Crippen molar-refractivity contribution in [1.82, 2.24) is 15.2 Å². The first kappa shape index (κ1) is 12.9. The minimum atomic E-state index is -0.209. The van der Waals surface area contributed by atoms with Gasteiger partial charge in [-0.05, 0) is 37.9 Å². The maximum Gasteiger partial charge on any atom is 0.132 e. The Balaban J connectivity index is 2.26. The molecule has 0 aliphatic heterocycles. The lowest BCUT2D eigenvalue weighted by Gasteiger charge is -2.17. The molecule has 1 heterocycles. The molecule has 1 N–H and O–H groups in total. The molecule has 1 aromatic carbocycles. The molecule has 2 rings (SSSR count). The van der Waals surface area contributed by atoms with E-state index in [2.05, 4.69) is 22.2 Å². The van der Waals surface area contributed by atoms with E-state index < -0.39 is 0 Å². The van der Waals surface area contributed by atoms with Crippen LogP contribution in [0.3, 0.4) is 0 Å². The molecule has 0 fully saturated rings. The zero-order valence-electron chi connectivity index (χ0n) is 10.8. The number of aromatic nitrogens is 1. The topological polar surface area (TPSA) is 28.2 Å². The number of hydrogen-bond acceptors (Lipinski definition) is 3. The Hall–Kier alpha value is -1.52. The van der Waals surface area contributed by atoms with Crippen LogP contribution in [-0.2, 0) is 6.54 Å². The Morgan fingerprint density at radius 2 is 2.17 bits per heavy atom. The predicted molar refractivity (Wildman–Crippen MR) is 72.0 cm³/mol. The van der Waals surface area contributed by atoms with Crippen LogP contribution >= 0.6 is 0 Å². The van der Waals surface area contributed by atoms with E-state index in [1.54, 1.807) is 18.3 Å². The molecule has 18 heavy (non-hydrogen) atoms. The van der Waals surface area contributed by atoms with Crippen LogP contribution in [0, 0.1) is 5.82 Å². The van der Waals surface area contributed by atoms with Gasteiger partial charge in [0.1, 0.15) is 5.82 Å². The molecular weight excluding hydrogens is 229 g/mol. The zero-order valence-corrected chi connectivity index (χ0v) is 10.8. The van der Waals surface area contributed by atoms with Crippen LogP contribution in [-0.4, -0.2) is 37.1 Å². The van der Waals surface area contributed by atoms with Crippen LogP contribution in [0.25, 0.3) is 10.9 Å². The Morgan fingerprint density at radius 3 is 2.94 bits per heavy atom. The van der Waals surface area contributed by atoms with E-state index in [0.717, 1.165) is 30.7 Å². The highest BCUT2D eigenvalue weighted by Crippen LogP contribution is 2.20. The van der Waals surface area contributed by atoms with Gasteiger partial charge < -0.3 is 10.2 Å². The number of fused-ring (bicyclic) bond motifs is 1. The lowest BCUT2D eigenvalue weighted by molar-refractivity contribution is 0.329. The van der Waals surface area contributed by atoms with Gasteiger partial charge in [0.2, 0.25) is 0 Å². The fraction of sp³-hybridized carbons (Fsp3) is 0.357. The van der Waals surface area contributed by atoms with E-state index in [9.17, 15) is 4.39 Å². The average molecular weight is 247 g/mol. The number of hydrogen-bond donors (Lipinski definition) is 1. The second-order valence-corrected chi connectivity index (χ2v) is 4.45. The number of likely N-dealkylation sites (N-methyl/N-ethyl adjacent to an activating group) is 2. The molecule has 0 aliphatic carbocycles. The highest BCUT2D eigenvalue weighted by Gasteiger charge is 2.08. The van der Waals surface area contributed by atoms with Crippen LogP contribution in [0.2, 0.25) is 0 Å². The lowest BCUT2D eigenvalue weighted by atomic mass is 10.1. The molecular formula is C14H18FN3. The van der Waals surface area contributed by atoms with Gasteiger partial charge in [-0.2, -0.15) is 0 Å². The monoisotopic (exact) mass is 247 g/mol. The third-order valence-corrected chi connectivity index (χ3v) is 2.98. The Labute approximate surface area is 107 Å². The number of pyridine rings is 1. The second-order valence-electron chi connectivity index (χ2n) is 4.45. The minimum Gasteiger partial charge on any atom is -0.318 e. The van der Waals surface area contributed by atoms with Crippen molar-refractivity contribution in [3.63, 3.8) is 0 Å². The molecule has 0 spiro atoms.